The van der Waals surface area contributed by atoms with E-state index in [0.717, 1.165) is 19.0 Å². The molecule has 3 nitrogen and oxygen atoms in total. The van der Waals surface area contributed by atoms with Gasteiger partial charge in [0.25, 0.3) is 0 Å². The molecule has 1 saturated carbocycles. The Morgan fingerprint density at radius 3 is 2.48 bits per heavy atom. The Labute approximate surface area is 129 Å². The molecule has 3 atom stereocenters. The van der Waals surface area contributed by atoms with Gasteiger partial charge in [-0.3, -0.25) is 9.88 Å². The van der Waals surface area contributed by atoms with E-state index in [-0.39, 0.29) is 0 Å². The van der Waals surface area contributed by atoms with Gasteiger partial charge in [0.2, 0.25) is 0 Å². The molecule has 118 valence electrons. The van der Waals surface area contributed by atoms with Crippen LogP contribution in [0.15, 0.2) is 24.5 Å². The number of pyridine rings is 1. The van der Waals surface area contributed by atoms with E-state index in [1.54, 1.807) is 0 Å². The van der Waals surface area contributed by atoms with Crippen molar-refractivity contribution >= 4 is 0 Å². The molecule has 1 aromatic heterocycles. The summed E-state index contributed by atoms with van der Waals surface area (Å²) in [5, 5.41) is 0. The number of nitrogens with two attached hydrogens (primary N) is 1. The molecule has 1 aliphatic rings. The topological polar surface area (TPSA) is 42.2 Å². The summed E-state index contributed by atoms with van der Waals surface area (Å²) < 4.78 is 0. The fourth-order valence-electron chi connectivity index (χ4n) is 3.70. The lowest BCUT2D eigenvalue weighted by atomic mass is 9.67. The van der Waals surface area contributed by atoms with Crippen LogP contribution in [0.3, 0.4) is 0 Å². The molecule has 3 heteroatoms. The predicted molar refractivity (Wildman–Crippen MR) is 88.8 cm³/mol. The number of hydrogen-bond acceptors (Lipinski definition) is 3. The molecular weight excluding hydrogens is 258 g/mol. The van der Waals surface area contributed by atoms with Crippen molar-refractivity contribution in [3.63, 3.8) is 0 Å². The fourth-order valence-corrected chi connectivity index (χ4v) is 3.70. The second-order valence-electron chi connectivity index (χ2n) is 7.71. The van der Waals surface area contributed by atoms with Crippen molar-refractivity contribution in [1.29, 1.82) is 0 Å². The van der Waals surface area contributed by atoms with Crippen molar-refractivity contribution in [3.8, 4) is 0 Å². The summed E-state index contributed by atoms with van der Waals surface area (Å²) in [4.78, 5) is 6.61. The van der Waals surface area contributed by atoms with E-state index < -0.39 is 0 Å². The Morgan fingerprint density at radius 1 is 1.24 bits per heavy atom. The highest BCUT2D eigenvalue weighted by Crippen LogP contribution is 2.41. The molecular formula is C18H31N3. The minimum atomic E-state index is 0.398. The average Bonchev–Trinajstić information content (AvgIpc) is 2.46. The highest BCUT2D eigenvalue weighted by molar-refractivity contribution is 5.09. The van der Waals surface area contributed by atoms with Crippen LogP contribution in [0.25, 0.3) is 0 Å². The van der Waals surface area contributed by atoms with Gasteiger partial charge < -0.3 is 5.73 Å². The van der Waals surface area contributed by atoms with E-state index in [9.17, 15) is 0 Å². The smallest absolute Gasteiger partial charge is 0.0271 e. The number of hydrogen-bond donors (Lipinski definition) is 1. The van der Waals surface area contributed by atoms with Gasteiger partial charge in [-0.05, 0) is 67.8 Å². The van der Waals surface area contributed by atoms with Crippen molar-refractivity contribution in [2.75, 3.05) is 13.6 Å². The van der Waals surface area contributed by atoms with Crippen molar-refractivity contribution in [2.24, 2.45) is 23.0 Å². The summed E-state index contributed by atoms with van der Waals surface area (Å²) in [7, 11) is 2.25. The summed E-state index contributed by atoms with van der Waals surface area (Å²) in [6.07, 6.45) is 7.62. The van der Waals surface area contributed by atoms with Crippen LogP contribution in [0.1, 0.15) is 45.6 Å². The summed E-state index contributed by atoms with van der Waals surface area (Å²) >= 11 is 0. The van der Waals surface area contributed by atoms with E-state index >= 15 is 0 Å². The second-order valence-corrected chi connectivity index (χ2v) is 7.71. The van der Waals surface area contributed by atoms with Crippen LogP contribution in [-0.2, 0) is 6.54 Å². The Kier molecular flexibility index (Phi) is 5.39. The number of aromatic nitrogens is 1. The Balaban J connectivity index is 2.06. The molecule has 2 N–H and O–H groups in total. The SMILES string of the molecule is CN(Cc1ccncc1)C1CC(C(C)(C)C)CCC1CN. The molecule has 1 fully saturated rings. The molecule has 0 saturated heterocycles. The molecule has 0 spiro atoms. The third kappa shape index (κ3) is 4.27. The first kappa shape index (κ1) is 16.4. The third-order valence-electron chi connectivity index (χ3n) is 5.23. The van der Waals surface area contributed by atoms with Crippen LogP contribution in [0.5, 0.6) is 0 Å². The first-order chi connectivity index (χ1) is 9.91. The summed E-state index contributed by atoms with van der Waals surface area (Å²) in [5.74, 6) is 1.43. The molecule has 1 aromatic rings. The highest BCUT2D eigenvalue weighted by atomic mass is 15.1. The van der Waals surface area contributed by atoms with Gasteiger partial charge in [0.15, 0.2) is 0 Å². The minimum absolute atomic E-state index is 0.398. The van der Waals surface area contributed by atoms with Gasteiger partial charge in [-0.1, -0.05) is 20.8 Å². The van der Waals surface area contributed by atoms with Gasteiger partial charge >= 0.3 is 0 Å². The minimum Gasteiger partial charge on any atom is -0.330 e. The molecule has 0 aliphatic heterocycles. The zero-order chi connectivity index (χ0) is 15.5. The van der Waals surface area contributed by atoms with Crippen LogP contribution in [0.4, 0.5) is 0 Å². The van der Waals surface area contributed by atoms with Crippen molar-refractivity contribution in [3.05, 3.63) is 30.1 Å². The van der Waals surface area contributed by atoms with Gasteiger partial charge in [0.05, 0.1) is 0 Å². The standard InChI is InChI=1S/C18H31N3/c1-18(2,3)16-6-5-15(12-19)17(11-16)21(4)13-14-7-9-20-10-8-14/h7-10,15-17H,5-6,11-13,19H2,1-4H3. The lowest BCUT2D eigenvalue weighted by Gasteiger charge is -2.45. The predicted octanol–water partition coefficient (Wildman–Crippen LogP) is 3.30. The molecule has 21 heavy (non-hydrogen) atoms. The Hall–Kier alpha value is -0.930. The van der Waals surface area contributed by atoms with Crippen LogP contribution in [0, 0.1) is 17.3 Å². The first-order valence-corrected chi connectivity index (χ1v) is 8.21. The van der Waals surface area contributed by atoms with E-state index in [0.29, 0.717) is 17.4 Å². The lowest BCUT2D eigenvalue weighted by molar-refractivity contribution is 0.0555. The van der Waals surface area contributed by atoms with E-state index in [4.69, 9.17) is 5.73 Å². The zero-order valence-corrected chi connectivity index (χ0v) is 14.0. The summed E-state index contributed by atoms with van der Waals surface area (Å²) in [6.45, 7) is 8.92. The molecule has 1 aliphatic carbocycles. The largest absolute Gasteiger partial charge is 0.330 e. The van der Waals surface area contributed by atoms with Crippen LogP contribution < -0.4 is 5.73 Å². The van der Waals surface area contributed by atoms with Crippen LogP contribution in [-0.4, -0.2) is 29.5 Å². The number of rotatable bonds is 4. The van der Waals surface area contributed by atoms with Gasteiger partial charge in [0.1, 0.15) is 0 Å². The second kappa shape index (κ2) is 6.89. The quantitative estimate of drug-likeness (QED) is 0.924. The van der Waals surface area contributed by atoms with Gasteiger partial charge in [0, 0.05) is 25.0 Å². The van der Waals surface area contributed by atoms with Gasteiger partial charge in [-0.15, -0.1) is 0 Å². The Bertz CT molecular complexity index is 424. The molecule has 0 amide bonds. The Morgan fingerprint density at radius 2 is 1.90 bits per heavy atom. The molecule has 2 rings (SSSR count). The summed E-state index contributed by atoms with van der Waals surface area (Å²) in [6, 6.07) is 4.82. The number of nitrogens with zero attached hydrogens (tertiary/aromatic N) is 2. The van der Waals surface area contributed by atoms with Gasteiger partial charge in [-0.2, -0.15) is 0 Å². The molecule has 0 radical (unpaired) electrons. The maximum Gasteiger partial charge on any atom is 0.0271 e. The normalized spacial score (nSPS) is 27.0. The summed E-state index contributed by atoms with van der Waals surface area (Å²) in [5.41, 5.74) is 7.78. The maximum absolute atomic E-state index is 6.04. The van der Waals surface area contributed by atoms with E-state index in [1.807, 2.05) is 12.4 Å². The highest BCUT2D eigenvalue weighted by Gasteiger charge is 2.36. The van der Waals surface area contributed by atoms with Crippen molar-refractivity contribution < 1.29 is 0 Å². The monoisotopic (exact) mass is 289 g/mol. The van der Waals surface area contributed by atoms with Crippen LogP contribution in [0.2, 0.25) is 0 Å². The van der Waals surface area contributed by atoms with E-state index in [1.165, 1.54) is 24.8 Å². The van der Waals surface area contributed by atoms with Crippen LogP contribution >= 0.6 is 0 Å². The van der Waals surface area contributed by atoms with E-state index in [2.05, 4.69) is 49.8 Å². The van der Waals surface area contributed by atoms with Crippen molar-refractivity contribution in [2.45, 2.75) is 52.6 Å². The molecule has 1 heterocycles. The average molecular weight is 289 g/mol. The lowest BCUT2D eigenvalue weighted by Crippen LogP contribution is -2.46. The molecule has 0 bridgehead atoms. The van der Waals surface area contributed by atoms with Crippen molar-refractivity contribution in [1.82, 2.24) is 9.88 Å². The third-order valence-corrected chi connectivity index (χ3v) is 5.23. The first-order valence-electron chi connectivity index (χ1n) is 8.21. The molecule has 3 unspecified atom stereocenters. The maximum atomic E-state index is 6.04. The zero-order valence-electron chi connectivity index (χ0n) is 14.0. The fraction of sp³-hybridized carbons (Fsp3) is 0.722. The molecule has 0 aromatic carbocycles. The van der Waals surface area contributed by atoms with Gasteiger partial charge in [-0.25, -0.2) is 0 Å².